The monoisotopic (exact) mass is 257 g/mol. The van der Waals surface area contributed by atoms with Crippen LogP contribution >= 0.6 is 0 Å². The molecule has 0 radical (unpaired) electrons. The van der Waals surface area contributed by atoms with Crippen LogP contribution < -0.4 is 4.90 Å². The van der Waals surface area contributed by atoms with Crippen molar-refractivity contribution in [3.05, 3.63) is 29.3 Å². The average Bonchev–Trinajstić information content (AvgIpc) is 2.34. The lowest BCUT2D eigenvalue weighted by Crippen LogP contribution is -2.37. The van der Waals surface area contributed by atoms with E-state index in [1.54, 1.807) is 6.92 Å². The molecule has 0 saturated carbocycles. The average molecular weight is 257 g/mol. The topological polar surface area (TPSA) is 32.7 Å². The van der Waals surface area contributed by atoms with Gasteiger partial charge in [0, 0.05) is 31.3 Å². The highest BCUT2D eigenvalue weighted by molar-refractivity contribution is 5.54. The van der Waals surface area contributed by atoms with Crippen LogP contribution in [0.1, 0.15) is 12.5 Å². The van der Waals surface area contributed by atoms with Gasteiger partial charge in [0.05, 0.1) is 19.3 Å². The number of aliphatic hydroxyl groups is 1. The number of nitrogens with zero attached hydrogens (tertiary/aromatic N) is 1. The van der Waals surface area contributed by atoms with E-state index in [1.807, 2.05) is 4.90 Å². The zero-order valence-corrected chi connectivity index (χ0v) is 10.3. The third-order valence-electron chi connectivity index (χ3n) is 2.99. The molecule has 0 amide bonds. The van der Waals surface area contributed by atoms with Crippen molar-refractivity contribution in [3.63, 3.8) is 0 Å². The molecular weight excluding hydrogens is 240 g/mol. The summed E-state index contributed by atoms with van der Waals surface area (Å²) in [5, 5.41) is 9.43. The first-order chi connectivity index (χ1) is 8.58. The van der Waals surface area contributed by atoms with Gasteiger partial charge in [-0.3, -0.25) is 0 Å². The van der Waals surface area contributed by atoms with Crippen LogP contribution in [0.2, 0.25) is 0 Å². The lowest BCUT2D eigenvalue weighted by Gasteiger charge is -2.31. The smallest absolute Gasteiger partial charge is 0.160 e. The van der Waals surface area contributed by atoms with Crippen LogP contribution in [0.15, 0.2) is 12.1 Å². The first-order valence-electron chi connectivity index (χ1n) is 6.06. The molecule has 100 valence electrons. The van der Waals surface area contributed by atoms with Crippen LogP contribution in [0.25, 0.3) is 0 Å². The summed E-state index contributed by atoms with van der Waals surface area (Å²) in [7, 11) is 0. The molecule has 0 aliphatic carbocycles. The van der Waals surface area contributed by atoms with Gasteiger partial charge in [0.1, 0.15) is 0 Å². The molecule has 1 unspecified atom stereocenters. The standard InChI is InChI=1S/C13H17F2NO2/c1-9(17)6-10-7-11(14)12(15)8-13(10)16-2-4-18-5-3-16/h7-9,17H,2-6H2,1H3. The molecule has 1 saturated heterocycles. The third-order valence-corrected chi connectivity index (χ3v) is 2.99. The zero-order valence-electron chi connectivity index (χ0n) is 10.3. The molecule has 1 aliphatic rings. The maximum absolute atomic E-state index is 13.4. The number of halogens is 2. The maximum atomic E-state index is 13.4. The minimum absolute atomic E-state index is 0.309. The van der Waals surface area contributed by atoms with Gasteiger partial charge in [-0.15, -0.1) is 0 Å². The van der Waals surface area contributed by atoms with Gasteiger partial charge in [0.15, 0.2) is 11.6 Å². The number of benzene rings is 1. The van der Waals surface area contributed by atoms with Gasteiger partial charge < -0.3 is 14.7 Å². The van der Waals surface area contributed by atoms with Gasteiger partial charge in [0.2, 0.25) is 0 Å². The molecule has 1 N–H and O–H groups in total. The molecule has 1 aromatic rings. The van der Waals surface area contributed by atoms with E-state index in [0.29, 0.717) is 44.0 Å². The highest BCUT2D eigenvalue weighted by Gasteiger charge is 2.18. The summed E-state index contributed by atoms with van der Waals surface area (Å²) in [4.78, 5) is 1.96. The Kier molecular flexibility index (Phi) is 4.14. The van der Waals surface area contributed by atoms with Gasteiger partial charge in [-0.05, 0) is 18.6 Å². The Hall–Kier alpha value is -1.20. The van der Waals surface area contributed by atoms with Crippen molar-refractivity contribution in [1.29, 1.82) is 0 Å². The Bertz CT molecular complexity index is 418. The summed E-state index contributed by atoms with van der Waals surface area (Å²) in [6.07, 6.45) is -0.279. The molecule has 1 atom stereocenters. The molecule has 1 aromatic carbocycles. The van der Waals surface area contributed by atoms with Gasteiger partial charge >= 0.3 is 0 Å². The second-order valence-corrected chi connectivity index (χ2v) is 4.55. The minimum Gasteiger partial charge on any atom is -0.393 e. The third kappa shape index (κ3) is 2.97. The molecule has 5 heteroatoms. The fraction of sp³-hybridized carbons (Fsp3) is 0.538. The molecular formula is C13H17F2NO2. The first-order valence-corrected chi connectivity index (χ1v) is 6.06. The van der Waals surface area contributed by atoms with Crippen LogP contribution in [0.4, 0.5) is 14.5 Å². The van der Waals surface area contributed by atoms with Crippen LogP contribution in [0, 0.1) is 11.6 Å². The molecule has 1 heterocycles. The van der Waals surface area contributed by atoms with Crippen LogP contribution in [0.5, 0.6) is 0 Å². The maximum Gasteiger partial charge on any atom is 0.160 e. The Morgan fingerprint density at radius 3 is 2.50 bits per heavy atom. The van der Waals surface area contributed by atoms with E-state index in [-0.39, 0.29) is 0 Å². The molecule has 1 fully saturated rings. The molecule has 3 nitrogen and oxygen atoms in total. The summed E-state index contributed by atoms with van der Waals surface area (Å²) in [5.74, 6) is -1.73. The summed E-state index contributed by atoms with van der Waals surface area (Å²) in [6, 6.07) is 2.38. The van der Waals surface area contributed by atoms with Crippen LogP contribution in [0.3, 0.4) is 0 Å². The van der Waals surface area contributed by atoms with E-state index < -0.39 is 17.7 Å². The second-order valence-electron chi connectivity index (χ2n) is 4.55. The fourth-order valence-electron chi connectivity index (χ4n) is 2.16. The van der Waals surface area contributed by atoms with E-state index in [9.17, 15) is 13.9 Å². The van der Waals surface area contributed by atoms with Crippen molar-refractivity contribution < 1.29 is 18.6 Å². The predicted molar refractivity (Wildman–Crippen MR) is 64.8 cm³/mol. The summed E-state index contributed by atoms with van der Waals surface area (Å²) in [5.41, 5.74) is 1.28. The van der Waals surface area contributed by atoms with Gasteiger partial charge in [0.25, 0.3) is 0 Å². The van der Waals surface area contributed by atoms with Crippen LogP contribution in [-0.2, 0) is 11.2 Å². The van der Waals surface area contributed by atoms with E-state index in [0.717, 1.165) is 0 Å². The van der Waals surface area contributed by atoms with Crippen molar-refractivity contribution in [1.82, 2.24) is 0 Å². The fourth-order valence-corrected chi connectivity index (χ4v) is 2.16. The number of rotatable bonds is 3. The molecule has 2 rings (SSSR count). The van der Waals surface area contributed by atoms with Crippen LogP contribution in [-0.4, -0.2) is 37.5 Å². The van der Waals surface area contributed by atoms with E-state index in [4.69, 9.17) is 4.74 Å². The summed E-state index contributed by atoms with van der Waals surface area (Å²) in [6.45, 7) is 4.08. The van der Waals surface area contributed by atoms with Crippen molar-refractivity contribution in [2.45, 2.75) is 19.4 Å². The second kappa shape index (κ2) is 5.63. The normalized spacial score (nSPS) is 17.9. The number of anilines is 1. The zero-order chi connectivity index (χ0) is 13.1. The molecule has 0 bridgehead atoms. The van der Waals surface area contributed by atoms with Crippen molar-refractivity contribution in [2.75, 3.05) is 31.2 Å². The minimum atomic E-state index is -0.873. The summed E-state index contributed by atoms with van der Waals surface area (Å²) >= 11 is 0. The molecule has 1 aliphatic heterocycles. The van der Waals surface area contributed by atoms with E-state index >= 15 is 0 Å². The van der Waals surface area contributed by atoms with Gasteiger partial charge in [-0.1, -0.05) is 0 Å². The quantitative estimate of drug-likeness (QED) is 0.895. The highest BCUT2D eigenvalue weighted by atomic mass is 19.2. The molecule has 0 spiro atoms. The molecule has 18 heavy (non-hydrogen) atoms. The van der Waals surface area contributed by atoms with Crippen molar-refractivity contribution in [2.24, 2.45) is 0 Å². The Morgan fingerprint density at radius 1 is 1.28 bits per heavy atom. The van der Waals surface area contributed by atoms with Gasteiger partial charge in [-0.25, -0.2) is 8.78 Å². The lowest BCUT2D eigenvalue weighted by molar-refractivity contribution is 0.122. The first kappa shape index (κ1) is 13.2. The largest absolute Gasteiger partial charge is 0.393 e. The predicted octanol–water partition coefficient (Wildman–Crippen LogP) is 1.72. The van der Waals surface area contributed by atoms with E-state index in [2.05, 4.69) is 0 Å². The number of hydrogen-bond donors (Lipinski definition) is 1. The Balaban J connectivity index is 2.32. The lowest BCUT2D eigenvalue weighted by atomic mass is 10.0. The van der Waals surface area contributed by atoms with E-state index in [1.165, 1.54) is 12.1 Å². The SMILES string of the molecule is CC(O)Cc1cc(F)c(F)cc1N1CCOCC1. The number of morpholine rings is 1. The van der Waals surface area contributed by atoms with Gasteiger partial charge in [-0.2, -0.15) is 0 Å². The summed E-state index contributed by atoms with van der Waals surface area (Å²) < 4.78 is 31.9. The Labute approximate surface area is 105 Å². The van der Waals surface area contributed by atoms with Crippen molar-refractivity contribution >= 4 is 5.69 Å². The number of hydrogen-bond acceptors (Lipinski definition) is 3. The number of ether oxygens (including phenoxy) is 1. The number of aliphatic hydroxyl groups excluding tert-OH is 1. The molecule has 0 aromatic heterocycles. The highest BCUT2D eigenvalue weighted by Crippen LogP contribution is 2.26. The Morgan fingerprint density at radius 2 is 1.89 bits per heavy atom. The van der Waals surface area contributed by atoms with Crippen molar-refractivity contribution in [3.8, 4) is 0 Å².